The minimum atomic E-state index is -0.00989. The number of thiophene rings is 1. The summed E-state index contributed by atoms with van der Waals surface area (Å²) < 4.78 is 5.95. The number of hydrogen-bond donors (Lipinski definition) is 1. The van der Waals surface area contributed by atoms with Crippen molar-refractivity contribution in [2.45, 2.75) is 52.4 Å². The van der Waals surface area contributed by atoms with Crippen molar-refractivity contribution in [3.63, 3.8) is 0 Å². The van der Waals surface area contributed by atoms with E-state index in [1.807, 2.05) is 0 Å². The van der Waals surface area contributed by atoms with Gasteiger partial charge >= 0.3 is 0 Å². The van der Waals surface area contributed by atoms with Crippen LogP contribution in [0.4, 0.5) is 0 Å². The highest BCUT2D eigenvalue weighted by molar-refractivity contribution is 7.09. The summed E-state index contributed by atoms with van der Waals surface area (Å²) in [6, 6.07) is 4.24. The maximum atomic E-state index is 5.95. The summed E-state index contributed by atoms with van der Waals surface area (Å²) in [6.07, 6.45) is 1.30. The predicted octanol–water partition coefficient (Wildman–Crippen LogP) is 3.43. The van der Waals surface area contributed by atoms with Crippen molar-refractivity contribution in [3.8, 4) is 0 Å². The van der Waals surface area contributed by atoms with Gasteiger partial charge in [0.2, 0.25) is 0 Å². The zero-order valence-electron chi connectivity index (χ0n) is 10.7. The quantitative estimate of drug-likeness (QED) is 0.789. The fraction of sp³-hybridized carbons (Fsp3) is 0.692. The molecule has 0 radical (unpaired) electrons. The molecule has 0 aromatic carbocycles. The molecule has 1 unspecified atom stereocenters. The number of nitrogens with one attached hydrogen (secondary N) is 1. The third-order valence-electron chi connectivity index (χ3n) is 2.68. The van der Waals surface area contributed by atoms with E-state index in [4.69, 9.17) is 4.74 Å². The maximum absolute atomic E-state index is 5.95. The average molecular weight is 241 g/mol. The van der Waals surface area contributed by atoms with E-state index in [0.717, 1.165) is 19.5 Å². The Labute approximate surface area is 103 Å². The third-order valence-corrected chi connectivity index (χ3v) is 3.56. The van der Waals surface area contributed by atoms with Crippen LogP contribution in [0.15, 0.2) is 17.5 Å². The highest BCUT2D eigenvalue weighted by Crippen LogP contribution is 2.16. The van der Waals surface area contributed by atoms with Crippen LogP contribution in [0.25, 0.3) is 0 Å². The first-order valence-electron chi connectivity index (χ1n) is 5.94. The summed E-state index contributed by atoms with van der Waals surface area (Å²) in [4.78, 5) is 1.38. The van der Waals surface area contributed by atoms with Crippen LogP contribution in [0.2, 0.25) is 0 Å². The minimum absolute atomic E-state index is 0.00989. The minimum Gasteiger partial charge on any atom is -0.371 e. The molecule has 0 saturated carbocycles. The molecule has 92 valence electrons. The Bertz CT molecular complexity index is 282. The van der Waals surface area contributed by atoms with Crippen LogP contribution in [0, 0.1) is 0 Å². The molecule has 0 saturated heterocycles. The van der Waals surface area contributed by atoms with Crippen LogP contribution in [0.3, 0.4) is 0 Å². The largest absolute Gasteiger partial charge is 0.371 e. The molecule has 1 rings (SSSR count). The van der Waals surface area contributed by atoms with Crippen LogP contribution in [0.1, 0.15) is 39.0 Å². The van der Waals surface area contributed by atoms with Gasteiger partial charge in [-0.1, -0.05) is 13.0 Å². The molecular formula is C13H23NOS. The highest BCUT2D eigenvalue weighted by atomic mass is 32.1. The van der Waals surface area contributed by atoms with Crippen molar-refractivity contribution in [2.24, 2.45) is 0 Å². The van der Waals surface area contributed by atoms with Crippen molar-refractivity contribution in [2.75, 3.05) is 6.54 Å². The van der Waals surface area contributed by atoms with Crippen molar-refractivity contribution >= 4 is 11.3 Å². The number of hydrogen-bond acceptors (Lipinski definition) is 3. The van der Waals surface area contributed by atoms with Crippen LogP contribution in [-0.4, -0.2) is 18.2 Å². The van der Waals surface area contributed by atoms with E-state index in [2.05, 4.69) is 50.5 Å². The van der Waals surface area contributed by atoms with E-state index < -0.39 is 0 Å². The van der Waals surface area contributed by atoms with Crippen LogP contribution >= 0.6 is 11.3 Å². The average Bonchev–Trinajstić information content (AvgIpc) is 2.70. The second kappa shape index (κ2) is 6.38. The first-order chi connectivity index (χ1) is 7.53. The molecule has 0 spiro atoms. The normalized spacial score (nSPS) is 14.0. The van der Waals surface area contributed by atoms with Gasteiger partial charge in [-0.3, -0.25) is 0 Å². The lowest BCUT2D eigenvalue weighted by Gasteiger charge is -2.28. The van der Waals surface area contributed by atoms with Crippen LogP contribution < -0.4 is 5.32 Å². The molecular weight excluding hydrogens is 218 g/mol. The summed E-state index contributed by atoms with van der Waals surface area (Å²) in [5, 5.41) is 5.53. The summed E-state index contributed by atoms with van der Waals surface area (Å²) in [5.41, 5.74) is -0.00989. The molecule has 0 fully saturated rings. The lowest BCUT2D eigenvalue weighted by Crippen LogP contribution is -2.34. The third kappa shape index (κ3) is 5.10. The van der Waals surface area contributed by atoms with Gasteiger partial charge < -0.3 is 10.1 Å². The zero-order valence-corrected chi connectivity index (χ0v) is 11.6. The van der Waals surface area contributed by atoms with E-state index in [9.17, 15) is 0 Å². The van der Waals surface area contributed by atoms with E-state index in [1.54, 1.807) is 11.3 Å². The molecule has 3 heteroatoms. The van der Waals surface area contributed by atoms with Crippen molar-refractivity contribution in [3.05, 3.63) is 22.4 Å². The van der Waals surface area contributed by atoms with Gasteiger partial charge in [-0.15, -0.1) is 11.3 Å². The fourth-order valence-corrected chi connectivity index (χ4v) is 2.16. The summed E-state index contributed by atoms with van der Waals surface area (Å²) in [7, 11) is 0. The molecule has 0 aliphatic carbocycles. The molecule has 1 aromatic rings. The monoisotopic (exact) mass is 241 g/mol. The Morgan fingerprint density at radius 2 is 2.25 bits per heavy atom. The smallest absolute Gasteiger partial charge is 0.0678 e. The van der Waals surface area contributed by atoms with Gasteiger partial charge in [-0.25, -0.2) is 0 Å². The first-order valence-corrected chi connectivity index (χ1v) is 6.82. The molecule has 0 amide bonds. The molecule has 0 bridgehead atoms. The van der Waals surface area contributed by atoms with Gasteiger partial charge in [-0.05, 0) is 38.6 Å². The van der Waals surface area contributed by atoms with E-state index in [0.29, 0.717) is 0 Å². The van der Waals surface area contributed by atoms with Crippen LogP contribution in [-0.2, 0) is 11.3 Å². The maximum Gasteiger partial charge on any atom is 0.0678 e. The summed E-state index contributed by atoms with van der Waals surface area (Å²) in [6.45, 7) is 10.4. The fourth-order valence-electron chi connectivity index (χ4n) is 1.48. The summed E-state index contributed by atoms with van der Waals surface area (Å²) in [5.74, 6) is 0. The first kappa shape index (κ1) is 13.7. The van der Waals surface area contributed by atoms with Crippen molar-refractivity contribution in [1.29, 1.82) is 0 Å². The molecule has 16 heavy (non-hydrogen) atoms. The van der Waals surface area contributed by atoms with Gasteiger partial charge in [0, 0.05) is 18.0 Å². The topological polar surface area (TPSA) is 21.3 Å². The van der Waals surface area contributed by atoms with E-state index in [1.165, 1.54) is 4.88 Å². The zero-order chi connectivity index (χ0) is 12.0. The molecule has 1 atom stereocenters. The second-order valence-electron chi connectivity index (χ2n) is 4.75. The lowest BCUT2D eigenvalue weighted by atomic mass is 10.1. The van der Waals surface area contributed by atoms with Crippen molar-refractivity contribution < 1.29 is 4.74 Å². The van der Waals surface area contributed by atoms with E-state index >= 15 is 0 Å². The Morgan fingerprint density at radius 1 is 1.50 bits per heavy atom. The Hall–Kier alpha value is -0.380. The highest BCUT2D eigenvalue weighted by Gasteiger charge is 2.18. The van der Waals surface area contributed by atoms with Crippen LogP contribution in [0.5, 0.6) is 0 Å². The molecule has 0 aliphatic rings. The number of rotatable bonds is 7. The van der Waals surface area contributed by atoms with Gasteiger partial charge in [0.25, 0.3) is 0 Å². The van der Waals surface area contributed by atoms with E-state index in [-0.39, 0.29) is 11.7 Å². The Morgan fingerprint density at radius 3 is 2.81 bits per heavy atom. The second-order valence-corrected chi connectivity index (χ2v) is 5.78. The Kier molecular flexibility index (Phi) is 5.46. The Balaban J connectivity index is 2.18. The van der Waals surface area contributed by atoms with Crippen molar-refractivity contribution in [1.82, 2.24) is 5.32 Å². The standard InChI is InChI=1S/C13H23NOS/c1-5-13(3,4)15-11(2)9-14-10-12-7-6-8-16-12/h6-8,11,14H,5,9-10H2,1-4H3. The lowest BCUT2D eigenvalue weighted by molar-refractivity contribution is -0.0641. The summed E-state index contributed by atoms with van der Waals surface area (Å²) >= 11 is 1.79. The molecule has 1 aromatic heterocycles. The van der Waals surface area contributed by atoms with Gasteiger partial charge in [-0.2, -0.15) is 0 Å². The predicted molar refractivity (Wildman–Crippen MR) is 70.9 cm³/mol. The molecule has 1 heterocycles. The SMILES string of the molecule is CCC(C)(C)OC(C)CNCc1cccs1. The number of ether oxygens (including phenoxy) is 1. The van der Waals surface area contributed by atoms with Gasteiger partial charge in [0.15, 0.2) is 0 Å². The molecule has 1 N–H and O–H groups in total. The molecule has 0 aliphatic heterocycles. The molecule has 2 nitrogen and oxygen atoms in total. The van der Waals surface area contributed by atoms with Gasteiger partial charge in [0.05, 0.1) is 11.7 Å². The van der Waals surface area contributed by atoms with Gasteiger partial charge in [0.1, 0.15) is 0 Å².